The predicted molar refractivity (Wildman–Crippen MR) is 186 cm³/mol. The van der Waals surface area contributed by atoms with Gasteiger partial charge in [0.2, 0.25) is 0 Å². The molecule has 0 aliphatic heterocycles. The molecule has 210 valence electrons. The van der Waals surface area contributed by atoms with Gasteiger partial charge in [0.15, 0.2) is 0 Å². The van der Waals surface area contributed by atoms with Crippen LogP contribution in [0.5, 0.6) is 0 Å². The van der Waals surface area contributed by atoms with E-state index in [-0.39, 0.29) is 0 Å². The van der Waals surface area contributed by atoms with Crippen LogP contribution in [0.2, 0.25) is 0 Å². The normalized spacial score (nSPS) is 12.3. The molecule has 0 N–H and O–H groups in total. The smallest absolute Gasteiger partial charge is 0.0538 e. The number of aromatic nitrogens is 1. The Kier molecular flexibility index (Phi) is 6.66. The largest absolute Gasteiger partial charge is 0.311 e. The number of hydrogen-bond donors (Lipinski definition) is 0. The molecular formula is C42H32N2. The predicted octanol–water partition coefficient (Wildman–Crippen LogP) is 11.4. The quantitative estimate of drug-likeness (QED) is 0.195. The summed E-state index contributed by atoms with van der Waals surface area (Å²) in [5.74, 6) is 0. The van der Waals surface area contributed by atoms with E-state index in [9.17, 15) is 0 Å². The molecule has 7 aromatic rings. The third kappa shape index (κ3) is 4.71. The fourth-order valence-corrected chi connectivity index (χ4v) is 6.53. The molecule has 0 atom stereocenters. The molecule has 0 bridgehead atoms. The maximum absolute atomic E-state index is 2.41. The SMILES string of the molecule is C1=Cc2c(c3cc(-c4ccc(N(c5ccccc5)c5ccc(-c6ccccc6)cc5)cc4)ccc3n2-c2ccccc2)CC1. The first-order chi connectivity index (χ1) is 21.8. The number of rotatable bonds is 6. The first-order valence-electron chi connectivity index (χ1n) is 15.3. The van der Waals surface area contributed by atoms with Crippen molar-refractivity contribution in [3.05, 3.63) is 175 Å². The minimum absolute atomic E-state index is 1.07. The van der Waals surface area contributed by atoms with Gasteiger partial charge in [-0.1, -0.05) is 103 Å². The minimum Gasteiger partial charge on any atom is -0.311 e. The molecule has 1 aliphatic carbocycles. The van der Waals surface area contributed by atoms with Crippen molar-refractivity contribution in [2.24, 2.45) is 0 Å². The Labute approximate surface area is 258 Å². The second-order valence-electron chi connectivity index (χ2n) is 11.3. The first-order valence-corrected chi connectivity index (χ1v) is 15.3. The Balaban J connectivity index is 1.17. The lowest BCUT2D eigenvalue weighted by molar-refractivity contribution is 0.967. The number of allylic oxidation sites excluding steroid dienone is 1. The van der Waals surface area contributed by atoms with Crippen LogP contribution in [-0.4, -0.2) is 4.57 Å². The fraction of sp³-hybridized carbons (Fsp3) is 0.0476. The Morgan fingerprint density at radius 1 is 0.477 bits per heavy atom. The third-order valence-corrected chi connectivity index (χ3v) is 8.67. The van der Waals surface area contributed by atoms with Crippen LogP contribution >= 0.6 is 0 Å². The molecule has 8 rings (SSSR count). The third-order valence-electron chi connectivity index (χ3n) is 8.67. The molecule has 44 heavy (non-hydrogen) atoms. The molecule has 0 saturated heterocycles. The highest BCUT2D eigenvalue weighted by atomic mass is 15.1. The van der Waals surface area contributed by atoms with Gasteiger partial charge in [-0.3, -0.25) is 0 Å². The highest BCUT2D eigenvalue weighted by Gasteiger charge is 2.19. The van der Waals surface area contributed by atoms with Crippen LogP contribution in [0.4, 0.5) is 17.1 Å². The van der Waals surface area contributed by atoms with Crippen molar-refractivity contribution in [2.75, 3.05) is 4.90 Å². The summed E-state index contributed by atoms with van der Waals surface area (Å²) in [6.07, 6.45) is 6.75. The number of anilines is 3. The highest BCUT2D eigenvalue weighted by Crippen LogP contribution is 2.39. The number of aryl methyl sites for hydroxylation is 1. The summed E-state index contributed by atoms with van der Waals surface area (Å²) >= 11 is 0. The number of fused-ring (bicyclic) bond motifs is 3. The number of para-hydroxylation sites is 2. The van der Waals surface area contributed by atoms with Crippen molar-refractivity contribution in [1.82, 2.24) is 4.57 Å². The van der Waals surface area contributed by atoms with Crippen LogP contribution < -0.4 is 4.90 Å². The standard InChI is InChI=1S/C42H32N2/c1-4-12-31(13-5-1)32-20-25-37(26-21-32)43(35-14-6-2-7-15-35)38-27-22-33(23-28-38)34-24-29-42-40(30-34)39-18-10-11-19-41(39)44(42)36-16-8-3-9-17-36/h1-9,11-17,19-30H,10,18H2. The van der Waals surface area contributed by atoms with Crippen LogP contribution in [0.3, 0.4) is 0 Å². The molecule has 6 aromatic carbocycles. The van der Waals surface area contributed by atoms with Gasteiger partial charge >= 0.3 is 0 Å². The number of hydrogen-bond acceptors (Lipinski definition) is 1. The zero-order valence-corrected chi connectivity index (χ0v) is 24.5. The summed E-state index contributed by atoms with van der Waals surface area (Å²) in [6, 6.07) is 56.6. The van der Waals surface area contributed by atoms with Crippen LogP contribution in [0, 0.1) is 0 Å². The van der Waals surface area contributed by atoms with Crippen molar-refractivity contribution < 1.29 is 0 Å². The van der Waals surface area contributed by atoms with Gasteiger partial charge in [0, 0.05) is 33.8 Å². The minimum atomic E-state index is 1.07. The zero-order valence-electron chi connectivity index (χ0n) is 24.5. The van der Waals surface area contributed by atoms with Gasteiger partial charge in [-0.2, -0.15) is 0 Å². The van der Waals surface area contributed by atoms with Gasteiger partial charge in [-0.05, 0) is 107 Å². The van der Waals surface area contributed by atoms with Crippen LogP contribution in [0.15, 0.2) is 164 Å². The molecule has 2 nitrogen and oxygen atoms in total. The van der Waals surface area contributed by atoms with E-state index in [0.29, 0.717) is 0 Å². The summed E-state index contributed by atoms with van der Waals surface area (Å²) in [4.78, 5) is 2.32. The molecule has 0 radical (unpaired) electrons. The van der Waals surface area contributed by atoms with Crippen LogP contribution in [-0.2, 0) is 6.42 Å². The number of benzene rings is 6. The average Bonchev–Trinajstić information content (AvgIpc) is 3.44. The summed E-state index contributed by atoms with van der Waals surface area (Å²) in [6.45, 7) is 0. The first kappa shape index (κ1) is 26.1. The molecule has 1 heterocycles. The van der Waals surface area contributed by atoms with E-state index in [1.807, 2.05) is 0 Å². The van der Waals surface area contributed by atoms with E-state index < -0.39 is 0 Å². The maximum Gasteiger partial charge on any atom is 0.0538 e. The molecule has 0 fully saturated rings. The van der Waals surface area contributed by atoms with Gasteiger partial charge in [-0.15, -0.1) is 0 Å². The molecule has 1 aliphatic rings. The second-order valence-corrected chi connectivity index (χ2v) is 11.3. The van der Waals surface area contributed by atoms with E-state index in [0.717, 1.165) is 29.9 Å². The van der Waals surface area contributed by atoms with Crippen molar-refractivity contribution in [3.63, 3.8) is 0 Å². The fourth-order valence-electron chi connectivity index (χ4n) is 6.53. The van der Waals surface area contributed by atoms with E-state index in [4.69, 9.17) is 0 Å². The lowest BCUT2D eigenvalue weighted by atomic mass is 9.97. The zero-order chi connectivity index (χ0) is 29.3. The van der Waals surface area contributed by atoms with E-state index in [1.165, 1.54) is 50.1 Å². The molecule has 1 aromatic heterocycles. The Bertz CT molecular complexity index is 2070. The van der Waals surface area contributed by atoms with E-state index in [1.54, 1.807) is 0 Å². The van der Waals surface area contributed by atoms with E-state index >= 15 is 0 Å². The van der Waals surface area contributed by atoms with Crippen molar-refractivity contribution in [1.29, 1.82) is 0 Å². The Morgan fingerprint density at radius 2 is 1.00 bits per heavy atom. The highest BCUT2D eigenvalue weighted by molar-refractivity contribution is 5.94. The summed E-state index contributed by atoms with van der Waals surface area (Å²) in [5.41, 5.74) is 13.5. The lowest BCUT2D eigenvalue weighted by Crippen LogP contribution is -2.09. The van der Waals surface area contributed by atoms with Crippen LogP contribution in [0.25, 0.3) is 44.9 Å². The van der Waals surface area contributed by atoms with Gasteiger partial charge in [0.25, 0.3) is 0 Å². The monoisotopic (exact) mass is 564 g/mol. The maximum atomic E-state index is 2.41. The van der Waals surface area contributed by atoms with Gasteiger partial charge in [0.05, 0.1) is 5.52 Å². The van der Waals surface area contributed by atoms with Gasteiger partial charge in [0.1, 0.15) is 0 Å². The Hall–Kier alpha value is -5.60. The summed E-state index contributed by atoms with van der Waals surface area (Å²) in [5, 5.41) is 1.35. The van der Waals surface area contributed by atoms with Gasteiger partial charge < -0.3 is 9.47 Å². The van der Waals surface area contributed by atoms with E-state index in [2.05, 4.69) is 179 Å². The summed E-state index contributed by atoms with van der Waals surface area (Å²) in [7, 11) is 0. The average molecular weight is 565 g/mol. The molecule has 0 spiro atoms. The molecule has 0 amide bonds. The lowest BCUT2D eigenvalue weighted by Gasteiger charge is -2.26. The molecule has 0 saturated carbocycles. The summed E-state index contributed by atoms with van der Waals surface area (Å²) < 4.78 is 2.41. The van der Waals surface area contributed by atoms with Crippen molar-refractivity contribution >= 4 is 34.0 Å². The number of nitrogens with zero attached hydrogens (tertiary/aromatic N) is 2. The van der Waals surface area contributed by atoms with Crippen molar-refractivity contribution in [2.45, 2.75) is 12.8 Å². The van der Waals surface area contributed by atoms with Crippen LogP contribution in [0.1, 0.15) is 17.7 Å². The van der Waals surface area contributed by atoms with Crippen molar-refractivity contribution in [3.8, 4) is 27.9 Å². The molecule has 2 heteroatoms. The second kappa shape index (κ2) is 11.2. The molecular weight excluding hydrogens is 532 g/mol. The van der Waals surface area contributed by atoms with Gasteiger partial charge in [-0.25, -0.2) is 0 Å². The topological polar surface area (TPSA) is 8.17 Å². The molecule has 0 unspecified atom stereocenters. The Morgan fingerprint density at radius 3 is 1.66 bits per heavy atom.